The Labute approximate surface area is 159 Å². The van der Waals surface area contributed by atoms with Crippen LogP contribution < -0.4 is 4.90 Å². The number of imidazole rings is 1. The van der Waals surface area contributed by atoms with Crippen LogP contribution in [-0.4, -0.2) is 51.2 Å². The Hall–Kier alpha value is -3.52. The van der Waals surface area contributed by atoms with E-state index in [-0.39, 0.29) is 0 Å². The van der Waals surface area contributed by atoms with Crippen LogP contribution in [0.1, 0.15) is 0 Å². The Morgan fingerprint density at radius 2 is 1.96 bits per heavy atom. The van der Waals surface area contributed by atoms with Gasteiger partial charge in [0.1, 0.15) is 5.52 Å². The fourth-order valence-electron chi connectivity index (χ4n) is 3.65. The number of nitrogens with one attached hydrogen (secondary N) is 1. The van der Waals surface area contributed by atoms with E-state index in [0.29, 0.717) is 30.3 Å². The first-order valence-corrected chi connectivity index (χ1v) is 9.18. The third kappa shape index (κ3) is 2.35. The number of furan rings is 1. The van der Waals surface area contributed by atoms with E-state index >= 15 is 0 Å². The zero-order valence-corrected chi connectivity index (χ0v) is 14.9. The first kappa shape index (κ1) is 15.5. The molecule has 138 valence electrons. The lowest BCUT2D eigenvalue weighted by molar-refractivity contribution is 0.122. The summed E-state index contributed by atoms with van der Waals surface area (Å²) in [7, 11) is 0. The topological polar surface area (TPSA) is 93.0 Å². The quantitative estimate of drug-likeness (QED) is 0.509. The van der Waals surface area contributed by atoms with Crippen molar-refractivity contribution < 1.29 is 9.15 Å². The van der Waals surface area contributed by atoms with E-state index in [0.717, 1.165) is 46.4 Å². The number of morpholine rings is 1. The predicted molar refractivity (Wildman–Crippen MR) is 105 cm³/mol. The Morgan fingerprint density at radius 3 is 2.89 bits per heavy atom. The van der Waals surface area contributed by atoms with E-state index < -0.39 is 0 Å². The number of nitrogens with zero attached hydrogens (tertiary/aromatic N) is 5. The minimum Gasteiger partial charge on any atom is -0.432 e. The van der Waals surface area contributed by atoms with E-state index in [2.05, 4.69) is 19.9 Å². The van der Waals surface area contributed by atoms with Crippen LogP contribution in [0.5, 0.6) is 0 Å². The van der Waals surface area contributed by atoms with E-state index in [4.69, 9.17) is 19.1 Å². The van der Waals surface area contributed by atoms with Crippen molar-refractivity contribution >= 4 is 39.1 Å². The highest BCUT2D eigenvalue weighted by Crippen LogP contribution is 2.34. The number of rotatable bonds is 2. The molecule has 1 aliphatic heterocycles. The maximum atomic E-state index is 6.05. The lowest BCUT2D eigenvalue weighted by Gasteiger charge is -2.27. The number of fused-ring (bicyclic) bond motifs is 4. The lowest BCUT2D eigenvalue weighted by atomic mass is 10.1. The number of anilines is 1. The van der Waals surface area contributed by atoms with E-state index in [1.54, 1.807) is 12.5 Å². The molecule has 0 amide bonds. The molecule has 8 nitrogen and oxygen atoms in total. The monoisotopic (exact) mass is 372 g/mol. The first-order valence-electron chi connectivity index (χ1n) is 9.18. The van der Waals surface area contributed by atoms with Crippen LogP contribution in [0.2, 0.25) is 0 Å². The Morgan fingerprint density at radius 1 is 1.04 bits per heavy atom. The number of hydrogen-bond acceptors (Lipinski definition) is 7. The molecule has 6 rings (SSSR count). The average Bonchev–Trinajstić information content (AvgIpc) is 3.37. The van der Waals surface area contributed by atoms with Gasteiger partial charge in [-0.15, -0.1) is 0 Å². The molecule has 28 heavy (non-hydrogen) atoms. The van der Waals surface area contributed by atoms with Crippen LogP contribution >= 0.6 is 0 Å². The standard InChI is InChI=1S/C20H16N6O2/c1-2-13-16-17(28-20(13)21-5-1)19(26-6-8-27-9-7-26)25-18(24-16)12-3-4-14-15(10-12)23-11-22-14/h1-5,10-11H,6-9H2,(H,22,23). The second-order valence-electron chi connectivity index (χ2n) is 6.74. The van der Waals surface area contributed by atoms with Gasteiger partial charge < -0.3 is 19.0 Å². The Balaban J connectivity index is 1.62. The number of pyridine rings is 1. The van der Waals surface area contributed by atoms with Crippen molar-refractivity contribution in [1.29, 1.82) is 0 Å². The number of aromatic amines is 1. The molecule has 0 atom stereocenters. The Kier molecular flexibility index (Phi) is 3.33. The average molecular weight is 372 g/mol. The van der Waals surface area contributed by atoms with Crippen molar-refractivity contribution in [2.75, 3.05) is 31.2 Å². The van der Waals surface area contributed by atoms with Gasteiger partial charge in [-0.1, -0.05) is 0 Å². The molecular formula is C20H16N6O2. The van der Waals surface area contributed by atoms with Crippen molar-refractivity contribution in [1.82, 2.24) is 24.9 Å². The van der Waals surface area contributed by atoms with Gasteiger partial charge in [-0.05, 0) is 30.3 Å². The third-order valence-corrected chi connectivity index (χ3v) is 5.06. The molecule has 0 saturated carbocycles. The summed E-state index contributed by atoms with van der Waals surface area (Å²) in [5.41, 5.74) is 4.79. The highest BCUT2D eigenvalue weighted by atomic mass is 16.5. The van der Waals surface area contributed by atoms with Gasteiger partial charge in [0.2, 0.25) is 5.71 Å². The molecule has 4 aromatic heterocycles. The molecule has 1 aromatic carbocycles. The molecule has 0 bridgehead atoms. The van der Waals surface area contributed by atoms with Crippen molar-refractivity contribution in [3.05, 3.63) is 42.9 Å². The molecule has 0 aliphatic carbocycles. The van der Waals surface area contributed by atoms with Crippen molar-refractivity contribution in [3.63, 3.8) is 0 Å². The van der Waals surface area contributed by atoms with Gasteiger partial charge in [-0.25, -0.2) is 19.9 Å². The van der Waals surface area contributed by atoms with Crippen LogP contribution in [0.4, 0.5) is 5.82 Å². The van der Waals surface area contributed by atoms with Gasteiger partial charge >= 0.3 is 0 Å². The molecule has 0 radical (unpaired) electrons. The molecular weight excluding hydrogens is 356 g/mol. The third-order valence-electron chi connectivity index (χ3n) is 5.06. The highest BCUT2D eigenvalue weighted by Gasteiger charge is 2.22. The fraction of sp³-hybridized carbons (Fsp3) is 0.200. The van der Waals surface area contributed by atoms with E-state index in [9.17, 15) is 0 Å². The maximum Gasteiger partial charge on any atom is 0.229 e. The molecule has 0 spiro atoms. The summed E-state index contributed by atoms with van der Waals surface area (Å²) in [5.74, 6) is 1.42. The summed E-state index contributed by atoms with van der Waals surface area (Å²) < 4.78 is 11.6. The van der Waals surface area contributed by atoms with Gasteiger partial charge in [0.15, 0.2) is 17.2 Å². The predicted octanol–water partition coefficient (Wildman–Crippen LogP) is 3.15. The van der Waals surface area contributed by atoms with Gasteiger partial charge in [-0.3, -0.25) is 0 Å². The molecule has 0 unspecified atom stereocenters. The highest BCUT2D eigenvalue weighted by molar-refractivity contribution is 6.05. The van der Waals surface area contributed by atoms with E-state index in [1.807, 2.05) is 30.3 Å². The SMILES string of the molecule is c1cnc2oc3c(N4CCOCC4)nc(-c4ccc5[nH]cnc5c4)nc3c2c1. The van der Waals surface area contributed by atoms with Crippen LogP contribution in [0, 0.1) is 0 Å². The molecule has 1 fully saturated rings. The summed E-state index contributed by atoms with van der Waals surface area (Å²) >= 11 is 0. The van der Waals surface area contributed by atoms with Gasteiger partial charge in [0.05, 0.1) is 36.0 Å². The van der Waals surface area contributed by atoms with Crippen molar-refractivity contribution in [2.24, 2.45) is 0 Å². The number of H-pyrrole nitrogens is 1. The van der Waals surface area contributed by atoms with Gasteiger partial charge in [-0.2, -0.15) is 0 Å². The Bertz CT molecular complexity index is 1320. The minimum absolute atomic E-state index is 0.571. The summed E-state index contributed by atoms with van der Waals surface area (Å²) in [5, 5.41) is 0.886. The summed E-state index contributed by atoms with van der Waals surface area (Å²) in [6, 6.07) is 9.87. The molecule has 5 heterocycles. The minimum atomic E-state index is 0.571. The van der Waals surface area contributed by atoms with Crippen LogP contribution in [0.15, 0.2) is 47.3 Å². The number of ether oxygens (including phenoxy) is 1. The van der Waals surface area contributed by atoms with Crippen LogP contribution in [-0.2, 0) is 4.74 Å². The zero-order valence-electron chi connectivity index (χ0n) is 14.9. The molecule has 1 aliphatic rings. The number of hydrogen-bond donors (Lipinski definition) is 1. The second-order valence-corrected chi connectivity index (χ2v) is 6.74. The summed E-state index contributed by atoms with van der Waals surface area (Å²) in [6.07, 6.45) is 3.41. The number of aromatic nitrogens is 5. The summed E-state index contributed by atoms with van der Waals surface area (Å²) in [6.45, 7) is 2.85. The van der Waals surface area contributed by atoms with Gasteiger partial charge in [0, 0.05) is 24.8 Å². The largest absolute Gasteiger partial charge is 0.432 e. The smallest absolute Gasteiger partial charge is 0.229 e. The maximum absolute atomic E-state index is 6.05. The zero-order chi connectivity index (χ0) is 18.5. The fourth-order valence-corrected chi connectivity index (χ4v) is 3.65. The summed E-state index contributed by atoms with van der Waals surface area (Å²) in [4.78, 5) is 23.7. The van der Waals surface area contributed by atoms with Crippen LogP contribution in [0.25, 0.3) is 44.6 Å². The normalized spacial score (nSPS) is 15.1. The molecule has 8 heteroatoms. The molecule has 1 N–H and O–H groups in total. The second kappa shape index (κ2) is 6.00. The van der Waals surface area contributed by atoms with Gasteiger partial charge in [0.25, 0.3) is 0 Å². The first-order chi connectivity index (χ1) is 13.9. The van der Waals surface area contributed by atoms with Crippen molar-refractivity contribution in [3.8, 4) is 11.4 Å². The number of benzene rings is 1. The van der Waals surface area contributed by atoms with Crippen molar-refractivity contribution in [2.45, 2.75) is 0 Å². The van der Waals surface area contributed by atoms with E-state index in [1.165, 1.54) is 0 Å². The molecule has 1 saturated heterocycles. The lowest BCUT2D eigenvalue weighted by Crippen LogP contribution is -2.37. The van der Waals surface area contributed by atoms with Crippen LogP contribution in [0.3, 0.4) is 0 Å². The molecule has 5 aromatic rings.